The number of rotatable bonds is 3. The van der Waals surface area contributed by atoms with Gasteiger partial charge in [0.1, 0.15) is 11.9 Å². The van der Waals surface area contributed by atoms with Crippen molar-refractivity contribution in [3.05, 3.63) is 53.1 Å². The summed E-state index contributed by atoms with van der Waals surface area (Å²) in [7, 11) is 1.58. The van der Waals surface area contributed by atoms with E-state index in [0.717, 1.165) is 11.1 Å². The molecule has 0 aliphatic carbocycles. The second kappa shape index (κ2) is 5.14. The van der Waals surface area contributed by atoms with Gasteiger partial charge in [0, 0.05) is 18.0 Å². The number of methoxy groups -OCH3 is 1. The largest absolute Gasteiger partial charge is 0.496 e. The summed E-state index contributed by atoms with van der Waals surface area (Å²) in [5.41, 5.74) is 2.69. The van der Waals surface area contributed by atoms with Gasteiger partial charge in [-0.2, -0.15) is 0 Å². The molecule has 0 aliphatic rings. The molecule has 4 heteroatoms. The number of aliphatic hydroxyl groups is 1. The maximum Gasteiger partial charge on any atom is 0.161 e. The normalized spacial score (nSPS) is 12.2. The highest BCUT2D eigenvalue weighted by molar-refractivity contribution is 5.40. The van der Waals surface area contributed by atoms with Crippen molar-refractivity contribution in [1.29, 1.82) is 0 Å². The molecule has 0 bridgehead atoms. The Morgan fingerprint density at radius 3 is 2.39 bits per heavy atom. The number of hydrogen-bond donors (Lipinski definition) is 1. The van der Waals surface area contributed by atoms with Crippen molar-refractivity contribution in [2.45, 2.75) is 20.0 Å². The zero-order valence-electron chi connectivity index (χ0n) is 10.7. The Kier molecular flexibility index (Phi) is 3.58. The van der Waals surface area contributed by atoms with E-state index in [4.69, 9.17) is 4.74 Å². The van der Waals surface area contributed by atoms with Gasteiger partial charge >= 0.3 is 0 Å². The molecule has 0 amide bonds. The fraction of sp³-hybridized carbons (Fsp3) is 0.286. The number of hydrogen-bond acceptors (Lipinski definition) is 4. The molecule has 4 nitrogen and oxygen atoms in total. The Morgan fingerprint density at radius 2 is 1.78 bits per heavy atom. The first-order valence-electron chi connectivity index (χ1n) is 5.73. The minimum absolute atomic E-state index is 0.379. The van der Waals surface area contributed by atoms with Crippen LogP contribution in [0.2, 0.25) is 0 Å². The molecule has 1 atom stereocenters. The molecule has 0 saturated heterocycles. The van der Waals surface area contributed by atoms with Crippen molar-refractivity contribution in [1.82, 2.24) is 9.97 Å². The first kappa shape index (κ1) is 12.5. The van der Waals surface area contributed by atoms with E-state index in [2.05, 4.69) is 9.97 Å². The molecule has 1 N–H and O–H groups in total. The third kappa shape index (κ3) is 2.49. The summed E-state index contributed by atoms with van der Waals surface area (Å²) in [6, 6.07) is 5.65. The van der Waals surface area contributed by atoms with Gasteiger partial charge in [-0.05, 0) is 31.5 Å². The van der Waals surface area contributed by atoms with Gasteiger partial charge in [-0.1, -0.05) is 11.6 Å². The number of aryl methyl sites for hydroxylation is 2. The van der Waals surface area contributed by atoms with Crippen LogP contribution in [0.4, 0.5) is 0 Å². The molecule has 0 spiro atoms. The van der Waals surface area contributed by atoms with Crippen LogP contribution >= 0.6 is 0 Å². The zero-order valence-corrected chi connectivity index (χ0v) is 10.7. The summed E-state index contributed by atoms with van der Waals surface area (Å²) < 4.78 is 5.25. The number of aliphatic hydroxyl groups excluding tert-OH is 1. The fourth-order valence-electron chi connectivity index (χ4n) is 1.75. The zero-order chi connectivity index (χ0) is 13.1. The van der Waals surface area contributed by atoms with E-state index < -0.39 is 6.10 Å². The van der Waals surface area contributed by atoms with Crippen LogP contribution in [0.3, 0.4) is 0 Å². The first-order valence-corrected chi connectivity index (χ1v) is 5.73. The van der Waals surface area contributed by atoms with E-state index in [1.807, 2.05) is 32.0 Å². The SMILES string of the molecule is COc1ccc(C)cc1C(O)c1ncc(C)cn1. The van der Waals surface area contributed by atoms with Crippen molar-refractivity contribution in [3.8, 4) is 5.75 Å². The molecule has 1 heterocycles. The molecule has 18 heavy (non-hydrogen) atoms. The highest BCUT2D eigenvalue weighted by atomic mass is 16.5. The molecule has 0 radical (unpaired) electrons. The fourth-order valence-corrected chi connectivity index (χ4v) is 1.75. The predicted octanol–water partition coefficient (Wildman–Crippen LogP) is 2.18. The summed E-state index contributed by atoms with van der Waals surface area (Å²) in [5, 5.41) is 10.3. The maximum atomic E-state index is 10.3. The van der Waals surface area contributed by atoms with Gasteiger partial charge in [0.25, 0.3) is 0 Å². The first-order chi connectivity index (χ1) is 8.61. The van der Waals surface area contributed by atoms with E-state index in [-0.39, 0.29) is 0 Å². The lowest BCUT2D eigenvalue weighted by atomic mass is 10.0. The lowest BCUT2D eigenvalue weighted by Crippen LogP contribution is -2.07. The molecule has 94 valence electrons. The third-order valence-electron chi connectivity index (χ3n) is 2.73. The van der Waals surface area contributed by atoms with E-state index in [0.29, 0.717) is 17.1 Å². The van der Waals surface area contributed by atoms with Crippen molar-refractivity contribution >= 4 is 0 Å². The lowest BCUT2D eigenvalue weighted by Gasteiger charge is -2.14. The summed E-state index contributed by atoms with van der Waals surface area (Å²) in [4.78, 5) is 8.29. The van der Waals surface area contributed by atoms with Gasteiger partial charge < -0.3 is 9.84 Å². The van der Waals surface area contributed by atoms with Crippen LogP contribution in [0, 0.1) is 13.8 Å². The van der Waals surface area contributed by atoms with Crippen molar-refractivity contribution in [3.63, 3.8) is 0 Å². The minimum atomic E-state index is -0.875. The highest BCUT2D eigenvalue weighted by Gasteiger charge is 2.17. The summed E-state index contributed by atoms with van der Waals surface area (Å²) >= 11 is 0. The van der Waals surface area contributed by atoms with Crippen molar-refractivity contribution < 1.29 is 9.84 Å². The minimum Gasteiger partial charge on any atom is -0.496 e. The van der Waals surface area contributed by atoms with Crippen LogP contribution in [0.15, 0.2) is 30.6 Å². The van der Waals surface area contributed by atoms with E-state index >= 15 is 0 Å². The van der Waals surface area contributed by atoms with Crippen LogP contribution in [-0.4, -0.2) is 22.2 Å². The molecular weight excluding hydrogens is 228 g/mol. The lowest BCUT2D eigenvalue weighted by molar-refractivity contribution is 0.204. The Balaban J connectivity index is 2.41. The van der Waals surface area contributed by atoms with Gasteiger partial charge in [0.2, 0.25) is 0 Å². The second-order valence-corrected chi connectivity index (χ2v) is 4.27. The van der Waals surface area contributed by atoms with Gasteiger partial charge in [-0.3, -0.25) is 0 Å². The molecule has 1 aromatic carbocycles. The van der Waals surface area contributed by atoms with E-state index in [9.17, 15) is 5.11 Å². The molecule has 0 aliphatic heterocycles. The highest BCUT2D eigenvalue weighted by Crippen LogP contribution is 2.29. The van der Waals surface area contributed by atoms with Crippen LogP contribution in [0.5, 0.6) is 5.75 Å². The molecule has 0 saturated carbocycles. The average Bonchev–Trinajstić information content (AvgIpc) is 2.39. The summed E-state index contributed by atoms with van der Waals surface area (Å²) in [6.45, 7) is 3.87. The van der Waals surface area contributed by atoms with Gasteiger partial charge in [-0.25, -0.2) is 9.97 Å². The Labute approximate surface area is 106 Å². The van der Waals surface area contributed by atoms with Gasteiger partial charge in [0.15, 0.2) is 5.82 Å². The van der Waals surface area contributed by atoms with Crippen LogP contribution in [0.1, 0.15) is 28.6 Å². The smallest absolute Gasteiger partial charge is 0.161 e. The molecule has 2 rings (SSSR count). The van der Waals surface area contributed by atoms with Crippen molar-refractivity contribution in [2.24, 2.45) is 0 Å². The molecular formula is C14H16N2O2. The molecule has 0 fully saturated rings. The van der Waals surface area contributed by atoms with Crippen molar-refractivity contribution in [2.75, 3.05) is 7.11 Å². The second-order valence-electron chi connectivity index (χ2n) is 4.27. The van der Waals surface area contributed by atoms with E-state index in [1.54, 1.807) is 19.5 Å². The standard InChI is InChI=1S/C14H16N2O2/c1-9-4-5-12(18-3)11(6-9)13(17)14-15-7-10(2)8-16-14/h4-8,13,17H,1-3H3. The van der Waals surface area contributed by atoms with Crippen LogP contribution < -0.4 is 4.74 Å². The number of nitrogens with zero attached hydrogens (tertiary/aromatic N) is 2. The van der Waals surface area contributed by atoms with Crippen LogP contribution in [0.25, 0.3) is 0 Å². The van der Waals surface area contributed by atoms with Gasteiger partial charge in [0.05, 0.1) is 7.11 Å². The Hall–Kier alpha value is -1.94. The Morgan fingerprint density at radius 1 is 1.11 bits per heavy atom. The van der Waals surface area contributed by atoms with Crippen LogP contribution in [-0.2, 0) is 0 Å². The van der Waals surface area contributed by atoms with Gasteiger partial charge in [-0.15, -0.1) is 0 Å². The molecule has 1 aromatic heterocycles. The summed E-state index contributed by atoms with van der Waals surface area (Å²) in [5.74, 6) is 1.02. The summed E-state index contributed by atoms with van der Waals surface area (Å²) in [6.07, 6.45) is 2.50. The monoisotopic (exact) mass is 244 g/mol. The maximum absolute atomic E-state index is 10.3. The number of aromatic nitrogens is 2. The predicted molar refractivity (Wildman–Crippen MR) is 68.6 cm³/mol. The third-order valence-corrected chi connectivity index (χ3v) is 2.73. The number of benzene rings is 1. The van der Waals surface area contributed by atoms with E-state index in [1.165, 1.54) is 0 Å². The molecule has 1 unspecified atom stereocenters. The Bertz CT molecular complexity index is 538. The topological polar surface area (TPSA) is 55.2 Å². The number of ether oxygens (including phenoxy) is 1. The average molecular weight is 244 g/mol. The molecule has 2 aromatic rings. The quantitative estimate of drug-likeness (QED) is 0.899.